The predicted octanol–water partition coefficient (Wildman–Crippen LogP) is 1.23. The molecule has 0 aliphatic heterocycles. The van der Waals surface area contributed by atoms with Gasteiger partial charge in [0.2, 0.25) is 0 Å². The molecule has 0 spiro atoms. The van der Waals surface area contributed by atoms with Gasteiger partial charge in [0.25, 0.3) is 0 Å². The van der Waals surface area contributed by atoms with Crippen molar-refractivity contribution >= 4 is 5.97 Å². The van der Waals surface area contributed by atoms with Crippen molar-refractivity contribution in [3.05, 3.63) is 45.6 Å². The molecule has 96 valence electrons. The number of hydrogen-bond donors (Lipinski definition) is 3. The summed E-state index contributed by atoms with van der Waals surface area (Å²) in [6, 6.07) is 2.76. The van der Waals surface area contributed by atoms with E-state index in [0.717, 1.165) is 18.2 Å². The number of rotatable bonds is 5. The van der Waals surface area contributed by atoms with Crippen LogP contribution >= 0.6 is 0 Å². The Morgan fingerprint density at radius 2 is 2.17 bits per heavy atom. The van der Waals surface area contributed by atoms with Crippen molar-refractivity contribution in [2.24, 2.45) is 5.11 Å². The van der Waals surface area contributed by atoms with Gasteiger partial charge >= 0.3 is 5.97 Å². The van der Waals surface area contributed by atoms with Crippen LogP contribution in [0.2, 0.25) is 0 Å². The number of carbonyl (C=O) groups is 1. The van der Waals surface area contributed by atoms with Crippen LogP contribution in [0.15, 0.2) is 23.3 Å². The van der Waals surface area contributed by atoms with Crippen LogP contribution in [0, 0.1) is 5.82 Å². The van der Waals surface area contributed by atoms with E-state index in [1.807, 2.05) is 0 Å². The maximum atomic E-state index is 12.9. The van der Waals surface area contributed by atoms with Crippen LogP contribution in [0.1, 0.15) is 22.0 Å². The maximum Gasteiger partial charge on any atom is 0.336 e. The van der Waals surface area contributed by atoms with Crippen molar-refractivity contribution in [3.63, 3.8) is 0 Å². The van der Waals surface area contributed by atoms with E-state index in [1.54, 1.807) is 0 Å². The molecule has 0 saturated carbocycles. The molecule has 1 aromatic carbocycles. The van der Waals surface area contributed by atoms with Gasteiger partial charge in [-0.25, -0.2) is 9.18 Å². The first-order valence-electron chi connectivity index (χ1n) is 4.87. The Hall–Kier alpha value is -2.15. The third kappa shape index (κ3) is 3.17. The number of aliphatic hydroxyl groups excluding tert-OH is 2. The summed E-state index contributed by atoms with van der Waals surface area (Å²) >= 11 is 0. The highest BCUT2D eigenvalue weighted by Gasteiger charge is 2.23. The lowest BCUT2D eigenvalue weighted by atomic mass is 9.98. The van der Waals surface area contributed by atoms with Crippen molar-refractivity contribution in [1.29, 1.82) is 0 Å². The van der Waals surface area contributed by atoms with Crippen LogP contribution in [0.3, 0.4) is 0 Å². The van der Waals surface area contributed by atoms with Gasteiger partial charge in [-0.1, -0.05) is 11.2 Å². The zero-order valence-corrected chi connectivity index (χ0v) is 9.06. The van der Waals surface area contributed by atoms with Crippen LogP contribution in [-0.2, 0) is 0 Å². The molecule has 0 aliphatic rings. The maximum absolute atomic E-state index is 12.9. The summed E-state index contributed by atoms with van der Waals surface area (Å²) in [6.45, 7) is -0.423. The molecule has 0 aliphatic carbocycles. The molecule has 0 amide bonds. The van der Waals surface area contributed by atoms with Gasteiger partial charge in [-0.05, 0) is 23.2 Å². The van der Waals surface area contributed by atoms with Crippen LogP contribution < -0.4 is 0 Å². The highest BCUT2D eigenvalue weighted by atomic mass is 19.1. The summed E-state index contributed by atoms with van der Waals surface area (Å²) in [5.41, 5.74) is 7.46. The van der Waals surface area contributed by atoms with E-state index in [-0.39, 0.29) is 5.56 Å². The lowest BCUT2D eigenvalue weighted by Gasteiger charge is -2.18. The molecule has 0 bridgehead atoms. The number of nitrogens with zero attached hydrogens (tertiary/aromatic N) is 3. The molecule has 0 saturated heterocycles. The van der Waals surface area contributed by atoms with Gasteiger partial charge in [0.05, 0.1) is 18.2 Å². The summed E-state index contributed by atoms with van der Waals surface area (Å²) < 4.78 is 12.9. The second-order valence-corrected chi connectivity index (χ2v) is 3.46. The van der Waals surface area contributed by atoms with Crippen molar-refractivity contribution < 1.29 is 24.5 Å². The van der Waals surface area contributed by atoms with Crippen molar-refractivity contribution in [1.82, 2.24) is 0 Å². The second kappa shape index (κ2) is 5.97. The van der Waals surface area contributed by atoms with Gasteiger partial charge in [-0.3, -0.25) is 0 Å². The first-order valence-corrected chi connectivity index (χ1v) is 4.87. The predicted molar refractivity (Wildman–Crippen MR) is 58.3 cm³/mol. The van der Waals surface area contributed by atoms with E-state index in [1.165, 1.54) is 0 Å². The van der Waals surface area contributed by atoms with Crippen LogP contribution in [0.4, 0.5) is 4.39 Å². The summed E-state index contributed by atoms with van der Waals surface area (Å²) in [7, 11) is 0. The average molecular weight is 255 g/mol. The number of aromatic carboxylic acids is 1. The molecule has 7 nitrogen and oxygen atoms in total. The quantitative estimate of drug-likeness (QED) is 0.415. The lowest BCUT2D eigenvalue weighted by Crippen LogP contribution is -2.23. The zero-order chi connectivity index (χ0) is 13.7. The normalized spacial score (nSPS) is 13.5. The highest BCUT2D eigenvalue weighted by molar-refractivity contribution is 5.89. The molecule has 18 heavy (non-hydrogen) atoms. The summed E-state index contributed by atoms with van der Waals surface area (Å²) in [4.78, 5) is 13.3. The molecule has 2 unspecified atom stereocenters. The number of carboxylic acids is 1. The SMILES string of the molecule is [N-]=[N+]=NCC(O)C(O)c1ccc(F)cc1C(=O)O. The molecule has 0 aromatic heterocycles. The topological polar surface area (TPSA) is 127 Å². The summed E-state index contributed by atoms with van der Waals surface area (Å²) in [6.07, 6.45) is -3.05. The fourth-order valence-corrected chi connectivity index (χ4v) is 1.40. The second-order valence-electron chi connectivity index (χ2n) is 3.46. The number of halogens is 1. The minimum atomic E-state index is -1.58. The molecule has 0 heterocycles. The van der Waals surface area contributed by atoms with Gasteiger partial charge in [0, 0.05) is 4.91 Å². The fraction of sp³-hybridized carbons (Fsp3) is 0.300. The minimum Gasteiger partial charge on any atom is -0.478 e. The van der Waals surface area contributed by atoms with E-state index < -0.39 is 36.1 Å². The first-order chi connectivity index (χ1) is 8.47. The molecule has 1 aromatic rings. The third-order valence-electron chi connectivity index (χ3n) is 2.26. The van der Waals surface area contributed by atoms with Gasteiger partial charge in [0.1, 0.15) is 11.9 Å². The lowest BCUT2D eigenvalue weighted by molar-refractivity contribution is 0.0232. The smallest absolute Gasteiger partial charge is 0.336 e. The molecule has 0 radical (unpaired) electrons. The largest absolute Gasteiger partial charge is 0.478 e. The Morgan fingerprint density at radius 3 is 2.72 bits per heavy atom. The standard InChI is InChI=1S/C10H10FN3O4/c11-5-1-2-6(7(3-5)10(17)18)9(16)8(15)4-13-14-12/h1-3,8-9,15-16H,4H2,(H,17,18). The number of hydrogen-bond acceptors (Lipinski definition) is 4. The Bertz CT molecular complexity index is 502. The van der Waals surface area contributed by atoms with Crippen molar-refractivity contribution in [3.8, 4) is 0 Å². The Labute approximate surface area is 101 Å². The number of aliphatic hydroxyl groups is 2. The first kappa shape index (κ1) is 13.9. The Balaban J connectivity index is 3.08. The molecule has 2 atom stereocenters. The van der Waals surface area contributed by atoms with Gasteiger partial charge in [-0.15, -0.1) is 0 Å². The van der Waals surface area contributed by atoms with Crippen molar-refractivity contribution in [2.75, 3.05) is 6.54 Å². The molecule has 8 heteroatoms. The average Bonchev–Trinajstić information content (AvgIpc) is 2.34. The van der Waals surface area contributed by atoms with E-state index >= 15 is 0 Å². The Kier molecular flexibility index (Phi) is 4.61. The molecule has 3 N–H and O–H groups in total. The van der Waals surface area contributed by atoms with Crippen LogP contribution in [0.5, 0.6) is 0 Å². The minimum absolute atomic E-state index is 0.149. The summed E-state index contributed by atoms with van der Waals surface area (Å²) in [5.74, 6) is -2.20. The van der Waals surface area contributed by atoms with Crippen molar-refractivity contribution in [2.45, 2.75) is 12.2 Å². The van der Waals surface area contributed by atoms with Gasteiger partial charge in [-0.2, -0.15) is 0 Å². The molecular weight excluding hydrogens is 245 g/mol. The monoisotopic (exact) mass is 255 g/mol. The van der Waals surface area contributed by atoms with E-state index in [9.17, 15) is 19.4 Å². The van der Waals surface area contributed by atoms with E-state index in [4.69, 9.17) is 10.6 Å². The fourth-order valence-electron chi connectivity index (χ4n) is 1.40. The van der Waals surface area contributed by atoms with Crippen LogP contribution in [-0.4, -0.2) is 33.9 Å². The van der Waals surface area contributed by atoms with E-state index in [2.05, 4.69) is 10.0 Å². The highest BCUT2D eigenvalue weighted by Crippen LogP contribution is 2.22. The van der Waals surface area contributed by atoms with Gasteiger partial charge in [0.15, 0.2) is 0 Å². The Morgan fingerprint density at radius 1 is 1.50 bits per heavy atom. The number of benzene rings is 1. The van der Waals surface area contributed by atoms with Crippen LogP contribution in [0.25, 0.3) is 10.4 Å². The zero-order valence-electron chi connectivity index (χ0n) is 9.06. The summed E-state index contributed by atoms with van der Waals surface area (Å²) in [5, 5.41) is 31.1. The molecule has 1 rings (SSSR count). The number of azide groups is 1. The number of carboxylic acid groups (broad SMARTS) is 1. The molecular formula is C10H10FN3O4. The van der Waals surface area contributed by atoms with Gasteiger partial charge < -0.3 is 15.3 Å². The molecule has 0 fully saturated rings. The third-order valence-corrected chi connectivity index (χ3v) is 2.26. The van der Waals surface area contributed by atoms with E-state index in [0.29, 0.717) is 0 Å².